The van der Waals surface area contributed by atoms with Gasteiger partial charge < -0.3 is 15.7 Å². The summed E-state index contributed by atoms with van der Waals surface area (Å²) in [4.78, 5) is 13.3. The van der Waals surface area contributed by atoms with Crippen molar-refractivity contribution in [3.63, 3.8) is 0 Å². The lowest BCUT2D eigenvalue weighted by molar-refractivity contribution is -0.118. The number of carbonyl (C=O) groups excluding carboxylic acids is 1. The molecule has 1 heterocycles. The first kappa shape index (κ1) is 20.8. The number of ketones is 1. The number of phenols is 1. The van der Waals surface area contributed by atoms with Crippen LogP contribution in [-0.2, 0) is 14.6 Å². The van der Waals surface area contributed by atoms with Crippen LogP contribution in [0.2, 0.25) is 5.02 Å². The highest BCUT2D eigenvalue weighted by molar-refractivity contribution is 7.90. The second-order valence-electron chi connectivity index (χ2n) is 8.69. The number of halogens is 1. The molecule has 0 spiro atoms. The Bertz CT molecular complexity index is 1200. The molecule has 2 aromatic carbocycles. The van der Waals surface area contributed by atoms with E-state index >= 15 is 0 Å². The first-order valence-electron chi connectivity index (χ1n) is 9.57. The molecule has 0 aromatic heterocycles. The lowest BCUT2D eigenvalue weighted by atomic mass is 9.73. The van der Waals surface area contributed by atoms with E-state index in [0.717, 1.165) is 12.0 Å². The number of anilines is 2. The summed E-state index contributed by atoms with van der Waals surface area (Å²) in [6.07, 6.45) is 2.13. The maximum Gasteiger partial charge on any atom is 0.175 e. The number of phenolic OH excluding ortho intramolecular Hbond substituents is 1. The quantitative estimate of drug-likeness (QED) is 0.580. The number of hydrogen-bond acceptors (Lipinski definition) is 6. The van der Waals surface area contributed by atoms with Crippen molar-refractivity contribution >= 4 is 38.6 Å². The Kier molecular flexibility index (Phi) is 4.86. The third-order valence-corrected chi connectivity index (χ3v) is 6.98. The molecule has 1 atom stereocenters. The fourth-order valence-corrected chi connectivity index (χ4v) is 5.16. The summed E-state index contributed by atoms with van der Waals surface area (Å²) in [7, 11) is -3.41. The van der Waals surface area contributed by atoms with Crippen molar-refractivity contribution in [3.8, 4) is 5.75 Å². The molecule has 2 aromatic rings. The third-order valence-electron chi connectivity index (χ3n) is 5.54. The van der Waals surface area contributed by atoms with E-state index in [1.807, 2.05) is 19.9 Å². The van der Waals surface area contributed by atoms with Crippen molar-refractivity contribution < 1.29 is 18.3 Å². The van der Waals surface area contributed by atoms with Crippen molar-refractivity contribution in [2.24, 2.45) is 5.41 Å². The number of allylic oxidation sites excluding steroid dienone is 1. The molecule has 1 unspecified atom stereocenters. The van der Waals surface area contributed by atoms with Crippen molar-refractivity contribution in [2.45, 2.75) is 37.6 Å². The van der Waals surface area contributed by atoms with Crippen molar-refractivity contribution in [1.82, 2.24) is 0 Å². The second kappa shape index (κ2) is 7.03. The fourth-order valence-electron chi connectivity index (χ4n) is 4.16. The van der Waals surface area contributed by atoms with Crippen molar-refractivity contribution in [2.75, 3.05) is 16.9 Å². The van der Waals surface area contributed by atoms with E-state index in [4.69, 9.17) is 11.6 Å². The number of rotatable bonds is 2. The molecule has 1 aliphatic heterocycles. The first-order chi connectivity index (χ1) is 14.0. The topological polar surface area (TPSA) is 95.5 Å². The van der Waals surface area contributed by atoms with Crippen LogP contribution in [0.1, 0.15) is 38.3 Å². The molecule has 2 aliphatic rings. The number of sulfone groups is 1. The molecule has 0 fully saturated rings. The summed E-state index contributed by atoms with van der Waals surface area (Å²) in [6, 6.07) is 9.07. The van der Waals surface area contributed by atoms with Crippen LogP contribution < -0.4 is 10.6 Å². The minimum Gasteiger partial charge on any atom is -0.506 e. The predicted octanol–water partition coefficient (Wildman–Crippen LogP) is 4.67. The minimum absolute atomic E-state index is 0.0122. The molecule has 158 valence electrons. The van der Waals surface area contributed by atoms with E-state index in [1.165, 1.54) is 12.1 Å². The Labute approximate surface area is 180 Å². The first-order valence-corrected chi connectivity index (χ1v) is 11.8. The van der Waals surface area contributed by atoms with E-state index < -0.39 is 15.9 Å². The van der Waals surface area contributed by atoms with Gasteiger partial charge in [-0.2, -0.15) is 0 Å². The number of Topliss-reactive ketones (excluding diaryl/α,β-unsaturated/α-hetero) is 1. The van der Waals surface area contributed by atoms with Crippen molar-refractivity contribution in [1.29, 1.82) is 0 Å². The lowest BCUT2D eigenvalue weighted by Crippen LogP contribution is -2.31. The SMILES string of the molecule is CC1(C)CC(=O)C2=C(C1)Nc1c(O)cccc1NC2c1ccc(S(C)(=O)=O)cc1Cl. The van der Waals surface area contributed by atoms with Crippen LogP contribution in [0.25, 0.3) is 0 Å². The van der Waals surface area contributed by atoms with E-state index in [1.54, 1.807) is 18.2 Å². The number of nitrogens with one attached hydrogen (secondary N) is 2. The standard InChI is InChI=1S/C22H23ClN2O4S/c1-22(2)10-16-19(18(27)11-22)20(24-15-5-4-6-17(26)21(15)25-16)13-8-7-12(9-14(13)23)30(3,28)29/h4-9,20,24-26H,10-11H2,1-3H3. The lowest BCUT2D eigenvalue weighted by Gasteiger charge is -2.34. The van der Waals surface area contributed by atoms with Crippen LogP contribution in [0, 0.1) is 5.41 Å². The Balaban J connectivity index is 1.92. The zero-order valence-electron chi connectivity index (χ0n) is 16.9. The zero-order chi connectivity index (χ0) is 21.8. The monoisotopic (exact) mass is 446 g/mol. The normalized spacial score (nSPS) is 20.5. The van der Waals surface area contributed by atoms with Crippen LogP contribution in [0.15, 0.2) is 52.6 Å². The molecule has 0 amide bonds. The van der Waals surface area contributed by atoms with Gasteiger partial charge in [0.25, 0.3) is 0 Å². The Morgan fingerprint density at radius 1 is 1.17 bits per heavy atom. The summed E-state index contributed by atoms with van der Waals surface area (Å²) >= 11 is 6.51. The van der Waals surface area contributed by atoms with Crippen molar-refractivity contribution in [3.05, 3.63) is 58.3 Å². The zero-order valence-corrected chi connectivity index (χ0v) is 18.5. The molecule has 0 saturated heterocycles. The number of benzene rings is 2. The Morgan fingerprint density at radius 3 is 2.57 bits per heavy atom. The van der Waals surface area contributed by atoms with Gasteiger partial charge in [-0.25, -0.2) is 8.42 Å². The van der Waals surface area contributed by atoms with E-state index in [-0.39, 0.29) is 26.9 Å². The summed E-state index contributed by atoms with van der Waals surface area (Å²) in [5, 5.41) is 17.3. The summed E-state index contributed by atoms with van der Waals surface area (Å²) < 4.78 is 23.8. The van der Waals surface area contributed by atoms with Gasteiger partial charge in [0.15, 0.2) is 15.6 Å². The molecule has 8 heteroatoms. The maximum atomic E-state index is 13.2. The minimum atomic E-state index is -3.41. The molecule has 3 N–H and O–H groups in total. The van der Waals surface area contributed by atoms with Crippen LogP contribution in [0.5, 0.6) is 5.75 Å². The smallest absolute Gasteiger partial charge is 0.175 e. The van der Waals surface area contributed by atoms with Gasteiger partial charge in [0, 0.05) is 29.0 Å². The maximum absolute atomic E-state index is 13.2. The number of para-hydroxylation sites is 1. The summed E-state index contributed by atoms with van der Waals surface area (Å²) in [5.74, 6) is 0.0589. The van der Waals surface area contributed by atoms with Gasteiger partial charge in [-0.15, -0.1) is 0 Å². The van der Waals surface area contributed by atoms with Gasteiger partial charge >= 0.3 is 0 Å². The molecule has 6 nitrogen and oxygen atoms in total. The number of aromatic hydroxyl groups is 1. The Morgan fingerprint density at radius 2 is 1.90 bits per heavy atom. The molecule has 0 bridgehead atoms. The average Bonchev–Trinajstić information content (AvgIpc) is 2.77. The molecule has 30 heavy (non-hydrogen) atoms. The number of hydrogen-bond donors (Lipinski definition) is 3. The van der Waals surface area contributed by atoms with Crippen LogP contribution in [0.4, 0.5) is 11.4 Å². The van der Waals surface area contributed by atoms with Crippen LogP contribution in [-0.4, -0.2) is 25.6 Å². The molecular weight excluding hydrogens is 424 g/mol. The largest absolute Gasteiger partial charge is 0.506 e. The van der Waals surface area contributed by atoms with Crippen LogP contribution in [0.3, 0.4) is 0 Å². The molecule has 0 radical (unpaired) electrons. The van der Waals surface area contributed by atoms with E-state index in [9.17, 15) is 18.3 Å². The second-order valence-corrected chi connectivity index (χ2v) is 11.1. The number of carbonyl (C=O) groups is 1. The van der Waals surface area contributed by atoms with E-state index in [0.29, 0.717) is 35.4 Å². The highest BCUT2D eigenvalue weighted by Gasteiger charge is 2.39. The van der Waals surface area contributed by atoms with Gasteiger partial charge in [0.1, 0.15) is 11.4 Å². The molecule has 0 saturated carbocycles. The highest BCUT2D eigenvalue weighted by atomic mass is 35.5. The van der Waals surface area contributed by atoms with Crippen LogP contribution >= 0.6 is 11.6 Å². The van der Waals surface area contributed by atoms with E-state index in [2.05, 4.69) is 10.6 Å². The summed E-state index contributed by atoms with van der Waals surface area (Å²) in [6.45, 7) is 4.06. The Hall–Kier alpha value is -2.51. The fraction of sp³-hybridized carbons (Fsp3) is 0.318. The molecule has 1 aliphatic carbocycles. The van der Waals surface area contributed by atoms with Gasteiger partial charge in [0.2, 0.25) is 0 Å². The van der Waals surface area contributed by atoms with Gasteiger partial charge in [-0.1, -0.05) is 37.6 Å². The van der Waals surface area contributed by atoms with Gasteiger partial charge in [-0.05, 0) is 41.7 Å². The van der Waals surface area contributed by atoms with Gasteiger partial charge in [0.05, 0.1) is 16.6 Å². The van der Waals surface area contributed by atoms with Gasteiger partial charge in [-0.3, -0.25) is 4.79 Å². The predicted molar refractivity (Wildman–Crippen MR) is 118 cm³/mol. The molecule has 4 rings (SSSR count). The summed E-state index contributed by atoms with van der Waals surface area (Å²) in [5.41, 5.74) is 2.79. The number of fused-ring (bicyclic) bond motifs is 1. The third kappa shape index (κ3) is 3.68. The average molecular weight is 447 g/mol. The molecular formula is C22H23ClN2O4S. The highest BCUT2D eigenvalue weighted by Crippen LogP contribution is 2.48.